The lowest BCUT2D eigenvalue weighted by molar-refractivity contribution is 0.0954. The lowest BCUT2D eigenvalue weighted by atomic mass is 10.1. The fourth-order valence-corrected chi connectivity index (χ4v) is 4.19. The van der Waals surface area contributed by atoms with Gasteiger partial charge in [0, 0.05) is 13.0 Å². The van der Waals surface area contributed by atoms with Crippen molar-refractivity contribution in [3.63, 3.8) is 0 Å². The molecule has 0 aliphatic heterocycles. The molecule has 0 saturated carbocycles. The van der Waals surface area contributed by atoms with Gasteiger partial charge in [-0.1, -0.05) is 48.0 Å². The van der Waals surface area contributed by atoms with Gasteiger partial charge in [-0.3, -0.25) is 4.79 Å². The molecule has 1 amide bonds. The molecule has 180 valence electrons. The highest BCUT2D eigenvalue weighted by Crippen LogP contribution is 2.28. The molecular formula is C28H28ClN3O3. The van der Waals surface area contributed by atoms with Crippen LogP contribution in [-0.4, -0.2) is 35.7 Å². The van der Waals surface area contributed by atoms with Gasteiger partial charge in [0.2, 0.25) is 0 Å². The summed E-state index contributed by atoms with van der Waals surface area (Å²) in [6, 6.07) is 20.9. The Kier molecular flexibility index (Phi) is 8.06. The number of rotatable bonds is 11. The number of ether oxygens (including phenoxy) is 2. The van der Waals surface area contributed by atoms with Crippen LogP contribution in [0.15, 0.2) is 79.4 Å². The van der Waals surface area contributed by atoms with Gasteiger partial charge in [0.1, 0.15) is 12.4 Å². The van der Waals surface area contributed by atoms with Crippen molar-refractivity contribution in [1.29, 1.82) is 0 Å². The Bertz CT molecular complexity index is 1330. The first kappa shape index (κ1) is 24.4. The Hall–Kier alpha value is -3.77. The first-order valence-corrected chi connectivity index (χ1v) is 11.9. The van der Waals surface area contributed by atoms with E-state index in [-0.39, 0.29) is 5.91 Å². The van der Waals surface area contributed by atoms with Gasteiger partial charge in [0.25, 0.3) is 5.91 Å². The Morgan fingerprint density at radius 1 is 1.11 bits per heavy atom. The van der Waals surface area contributed by atoms with Crippen LogP contribution in [0.1, 0.15) is 21.7 Å². The number of nitrogens with one attached hydrogen (secondary N) is 1. The van der Waals surface area contributed by atoms with Gasteiger partial charge in [-0.05, 0) is 48.4 Å². The first-order chi connectivity index (χ1) is 17.1. The van der Waals surface area contributed by atoms with Crippen LogP contribution in [0.25, 0.3) is 11.0 Å². The summed E-state index contributed by atoms with van der Waals surface area (Å²) < 4.78 is 13.7. The summed E-state index contributed by atoms with van der Waals surface area (Å²) >= 11 is 6.14. The largest absolute Gasteiger partial charge is 0.493 e. The molecule has 6 nitrogen and oxygen atoms in total. The zero-order chi connectivity index (χ0) is 24.6. The minimum absolute atomic E-state index is 0.200. The van der Waals surface area contributed by atoms with Crippen molar-refractivity contribution < 1.29 is 14.3 Å². The molecule has 1 aromatic heterocycles. The molecule has 1 heterocycles. The van der Waals surface area contributed by atoms with Crippen molar-refractivity contribution >= 4 is 28.5 Å². The predicted octanol–water partition coefficient (Wildman–Crippen LogP) is 5.48. The molecule has 0 unspecified atom stereocenters. The van der Waals surface area contributed by atoms with E-state index in [0.717, 1.165) is 28.8 Å². The molecule has 3 aromatic carbocycles. The van der Waals surface area contributed by atoms with E-state index in [1.54, 1.807) is 31.4 Å². The summed E-state index contributed by atoms with van der Waals surface area (Å²) in [5.41, 5.74) is 3.51. The van der Waals surface area contributed by atoms with E-state index in [1.807, 2.05) is 48.5 Å². The molecule has 35 heavy (non-hydrogen) atoms. The third kappa shape index (κ3) is 5.84. The molecule has 4 rings (SSSR count). The Balaban J connectivity index is 1.44. The number of methoxy groups -OCH3 is 1. The predicted molar refractivity (Wildman–Crippen MR) is 140 cm³/mol. The van der Waals surface area contributed by atoms with Gasteiger partial charge in [-0.15, -0.1) is 6.58 Å². The number of benzene rings is 3. The number of nitrogens with zero attached hydrogens (tertiary/aromatic N) is 2. The summed E-state index contributed by atoms with van der Waals surface area (Å²) in [6.45, 7) is 5.27. The van der Waals surface area contributed by atoms with Crippen molar-refractivity contribution in [2.75, 3.05) is 20.3 Å². The fourth-order valence-electron chi connectivity index (χ4n) is 3.97. The molecule has 0 bridgehead atoms. The second-order valence-electron chi connectivity index (χ2n) is 7.98. The number of para-hydroxylation sites is 2. The van der Waals surface area contributed by atoms with Gasteiger partial charge < -0.3 is 19.4 Å². The maximum atomic E-state index is 12.5. The highest BCUT2D eigenvalue weighted by molar-refractivity contribution is 6.33. The number of hydrogen-bond acceptors (Lipinski definition) is 4. The number of carbonyl (C=O) groups excluding carboxylic acids is 1. The smallest absolute Gasteiger partial charge is 0.252 e. The summed E-state index contributed by atoms with van der Waals surface area (Å²) in [4.78, 5) is 17.3. The van der Waals surface area contributed by atoms with Crippen LogP contribution in [0.5, 0.6) is 11.5 Å². The number of carbonyl (C=O) groups is 1. The molecule has 0 radical (unpaired) electrons. The highest BCUT2D eigenvalue weighted by Gasteiger charge is 2.13. The molecule has 0 atom stereocenters. The van der Waals surface area contributed by atoms with Crippen molar-refractivity contribution in [2.24, 2.45) is 0 Å². The minimum atomic E-state index is -0.200. The highest BCUT2D eigenvalue weighted by atomic mass is 35.5. The van der Waals surface area contributed by atoms with Crippen molar-refractivity contribution in [2.45, 2.75) is 19.4 Å². The van der Waals surface area contributed by atoms with E-state index in [9.17, 15) is 4.79 Å². The molecule has 0 aliphatic carbocycles. The van der Waals surface area contributed by atoms with Crippen molar-refractivity contribution in [3.05, 3.63) is 101 Å². The van der Waals surface area contributed by atoms with Gasteiger partial charge in [0.05, 0.1) is 35.3 Å². The van der Waals surface area contributed by atoms with Gasteiger partial charge in [-0.25, -0.2) is 4.98 Å². The van der Waals surface area contributed by atoms with Crippen LogP contribution >= 0.6 is 11.6 Å². The van der Waals surface area contributed by atoms with Crippen LogP contribution in [-0.2, 0) is 19.4 Å². The normalized spacial score (nSPS) is 10.8. The molecule has 0 aliphatic rings. The number of allylic oxidation sites excluding steroid dienone is 1. The standard InChI is InChI=1S/C28H28ClN3O3/c1-3-8-20-13-14-25(26(19-20)34-2)35-18-17-32-24-12-7-6-11-23(24)31-27(32)15-16-30-28(33)21-9-4-5-10-22(21)29/h3-7,9-14,19H,1,8,15-18H2,2H3,(H,30,33). The number of amides is 1. The second kappa shape index (κ2) is 11.6. The van der Waals surface area contributed by atoms with E-state index in [2.05, 4.69) is 16.5 Å². The topological polar surface area (TPSA) is 65.4 Å². The number of halogens is 1. The maximum absolute atomic E-state index is 12.5. The Morgan fingerprint density at radius 3 is 2.71 bits per heavy atom. The number of hydrogen-bond donors (Lipinski definition) is 1. The summed E-state index contributed by atoms with van der Waals surface area (Å²) in [6.07, 6.45) is 3.20. The van der Waals surface area contributed by atoms with Crippen LogP contribution in [0.4, 0.5) is 0 Å². The van der Waals surface area contributed by atoms with Crippen LogP contribution in [0.2, 0.25) is 5.02 Å². The van der Waals surface area contributed by atoms with Crippen LogP contribution in [0.3, 0.4) is 0 Å². The first-order valence-electron chi connectivity index (χ1n) is 11.5. The molecule has 1 N–H and O–H groups in total. The summed E-state index contributed by atoms with van der Waals surface area (Å²) in [5.74, 6) is 2.07. The number of fused-ring (bicyclic) bond motifs is 1. The zero-order valence-corrected chi connectivity index (χ0v) is 20.4. The molecule has 0 spiro atoms. The molecular weight excluding hydrogens is 462 g/mol. The average Bonchev–Trinajstić information content (AvgIpc) is 3.22. The lowest BCUT2D eigenvalue weighted by Crippen LogP contribution is -2.27. The second-order valence-corrected chi connectivity index (χ2v) is 8.39. The quantitative estimate of drug-likeness (QED) is 0.283. The monoisotopic (exact) mass is 489 g/mol. The zero-order valence-electron chi connectivity index (χ0n) is 19.7. The van der Waals surface area contributed by atoms with Crippen molar-refractivity contribution in [1.82, 2.24) is 14.9 Å². The average molecular weight is 490 g/mol. The van der Waals surface area contributed by atoms with E-state index >= 15 is 0 Å². The van der Waals surface area contributed by atoms with E-state index in [1.165, 1.54) is 0 Å². The van der Waals surface area contributed by atoms with Crippen LogP contribution < -0.4 is 14.8 Å². The lowest BCUT2D eigenvalue weighted by Gasteiger charge is -2.14. The third-order valence-corrected chi connectivity index (χ3v) is 6.00. The molecule has 0 saturated heterocycles. The Morgan fingerprint density at radius 2 is 1.91 bits per heavy atom. The van der Waals surface area contributed by atoms with Crippen LogP contribution in [0, 0.1) is 0 Å². The van der Waals surface area contributed by atoms with E-state index in [0.29, 0.717) is 48.2 Å². The Labute approximate surface area is 210 Å². The molecule has 4 aromatic rings. The number of imidazole rings is 1. The van der Waals surface area contributed by atoms with E-state index < -0.39 is 0 Å². The number of aromatic nitrogens is 2. The summed E-state index contributed by atoms with van der Waals surface area (Å²) in [7, 11) is 1.64. The van der Waals surface area contributed by atoms with Gasteiger partial charge >= 0.3 is 0 Å². The third-order valence-electron chi connectivity index (χ3n) is 5.67. The maximum Gasteiger partial charge on any atom is 0.252 e. The molecule has 7 heteroatoms. The van der Waals surface area contributed by atoms with Gasteiger partial charge in [0.15, 0.2) is 11.5 Å². The minimum Gasteiger partial charge on any atom is -0.493 e. The van der Waals surface area contributed by atoms with Gasteiger partial charge in [-0.2, -0.15) is 0 Å². The van der Waals surface area contributed by atoms with E-state index in [4.69, 9.17) is 26.1 Å². The van der Waals surface area contributed by atoms with Crippen molar-refractivity contribution in [3.8, 4) is 11.5 Å². The SMILES string of the molecule is C=CCc1ccc(OCCn2c(CCNC(=O)c3ccccc3Cl)nc3ccccc32)c(OC)c1. The fraction of sp³-hybridized carbons (Fsp3) is 0.214. The molecule has 0 fully saturated rings. The summed E-state index contributed by atoms with van der Waals surface area (Å²) in [5, 5.41) is 3.37.